The van der Waals surface area contributed by atoms with Crippen molar-refractivity contribution >= 4 is 11.5 Å². The third-order valence-corrected chi connectivity index (χ3v) is 3.52. The SMILES string of the molecule is CC(=O)c1c(F)cccc1N1CCC(C)(O)CC1. The first-order valence-electron chi connectivity index (χ1n) is 6.17. The molecule has 2 rings (SSSR count). The summed E-state index contributed by atoms with van der Waals surface area (Å²) in [6, 6.07) is 4.68. The van der Waals surface area contributed by atoms with Gasteiger partial charge in [-0.1, -0.05) is 6.07 Å². The van der Waals surface area contributed by atoms with Crippen molar-refractivity contribution in [2.24, 2.45) is 0 Å². The van der Waals surface area contributed by atoms with Crippen molar-refractivity contribution in [2.75, 3.05) is 18.0 Å². The van der Waals surface area contributed by atoms with Crippen LogP contribution in [-0.4, -0.2) is 29.6 Å². The smallest absolute Gasteiger partial charge is 0.164 e. The zero-order valence-electron chi connectivity index (χ0n) is 10.7. The van der Waals surface area contributed by atoms with E-state index in [2.05, 4.69) is 0 Å². The summed E-state index contributed by atoms with van der Waals surface area (Å²) in [5.41, 5.74) is 0.136. The minimum absolute atomic E-state index is 0.152. The Morgan fingerprint density at radius 1 is 1.39 bits per heavy atom. The lowest BCUT2D eigenvalue weighted by Gasteiger charge is -2.37. The van der Waals surface area contributed by atoms with Gasteiger partial charge in [0.25, 0.3) is 0 Å². The predicted octanol–water partition coefficient (Wildman–Crippen LogP) is 2.38. The van der Waals surface area contributed by atoms with Gasteiger partial charge >= 0.3 is 0 Å². The molecule has 18 heavy (non-hydrogen) atoms. The summed E-state index contributed by atoms with van der Waals surface area (Å²) in [4.78, 5) is 13.5. The third-order valence-electron chi connectivity index (χ3n) is 3.52. The predicted molar refractivity (Wildman–Crippen MR) is 68.5 cm³/mol. The highest BCUT2D eigenvalue weighted by Crippen LogP contribution is 2.29. The number of rotatable bonds is 2. The normalized spacial score (nSPS) is 18.8. The molecule has 3 nitrogen and oxygen atoms in total. The van der Waals surface area contributed by atoms with E-state index in [1.165, 1.54) is 13.0 Å². The summed E-state index contributed by atoms with van der Waals surface area (Å²) in [7, 11) is 0. The Bertz CT molecular complexity index is 461. The zero-order chi connectivity index (χ0) is 13.3. The molecule has 4 heteroatoms. The number of Topliss-reactive ketones (excluding diaryl/α,β-unsaturated/α-hetero) is 1. The maximum Gasteiger partial charge on any atom is 0.164 e. The molecule has 1 saturated heterocycles. The Hall–Kier alpha value is -1.42. The van der Waals surface area contributed by atoms with E-state index in [4.69, 9.17) is 0 Å². The monoisotopic (exact) mass is 251 g/mol. The molecule has 0 radical (unpaired) electrons. The standard InChI is InChI=1S/C14H18FNO2/c1-10(17)13-11(15)4-3-5-12(13)16-8-6-14(2,18)7-9-16/h3-5,18H,6-9H2,1-2H3. The number of anilines is 1. The lowest BCUT2D eigenvalue weighted by molar-refractivity contribution is 0.0351. The van der Waals surface area contributed by atoms with Crippen molar-refractivity contribution in [1.82, 2.24) is 0 Å². The molecule has 1 N–H and O–H groups in total. The van der Waals surface area contributed by atoms with Gasteiger partial charge in [0.2, 0.25) is 0 Å². The van der Waals surface area contributed by atoms with Crippen molar-refractivity contribution in [3.8, 4) is 0 Å². The Morgan fingerprint density at radius 2 is 2.00 bits per heavy atom. The van der Waals surface area contributed by atoms with E-state index in [9.17, 15) is 14.3 Å². The van der Waals surface area contributed by atoms with Crippen LogP contribution < -0.4 is 4.90 Å². The van der Waals surface area contributed by atoms with Crippen molar-refractivity contribution in [3.63, 3.8) is 0 Å². The highest BCUT2D eigenvalue weighted by molar-refractivity contribution is 6.00. The van der Waals surface area contributed by atoms with Crippen LogP contribution in [0.5, 0.6) is 0 Å². The number of piperidine rings is 1. The number of carbonyl (C=O) groups is 1. The molecule has 0 atom stereocenters. The molecular weight excluding hydrogens is 233 g/mol. The first kappa shape index (κ1) is 13.0. The van der Waals surface area contributed by atoms with Crippen molar-refractivity contribution in [2.45, 2.75) is 32.3 Å². The number of hydrogen-bond acceptors (Lipinski definition) is 3. The van der Waals surface area contributed by atoms with Gasteiger partial charge in [0.15, 0.2) is 5.78 Å². The molecule has 0 amide bonds. The number of aliphatic hydroxyl groups is 1. The molecule has 1 aliphatic heterocycles. The first-order valence-corrected chi connectivity index (χ1v) is 6.17. The number of ketones is 1. The van der Waals surface area contributed by atoms with Crippen LogP contribution in [0.1, 0.15) is 37.0 Å². The van der Waals surface area contributed by atoms with Crippen LogP contribution in [0.25, 0.3) is 0 Å². The maximum atomic E-state index is 13.7. The van der Waals surface area contributed by atoms with E-state index in [1.807, 2.05) is 11.8 Å². The Kier molecular flexibility index (Phi) is 3.39. The molecule has 1 heterocycles. The molecule has 0 unspecified atom stereocenters. The number of halogens is 1. The van der Waals surface area contributed by atoms with Gasteiger partial charge in [-0.15, -0.1) is 0 Å². The molecule has 0 bridgehead atoms. The van der Waals surface area contributed by atoms with Crippen LogP contribution in [0.4, 0.5) is 10.1 Å². The molecule has 1 aliphatic rings. The average Bonchev–Trinajstić information content (AvgIpc) is 2.28. The molecule has 1 aromatic rings. The number of nitrogens with zero attached hydrogens (tertiary/aromatic N) is 1. The van der Waals surface area contributed by atoms with E-state index in [0.717, 1.165) is 0 Å². The second-order valence-corrected chi connectivity index (χ2v) is 5.17. The fraction of sp³-hybridized carbons (Fsp3) is 0.500. The summed E-state index contributed by atoms with van der Waals surface area (Å²) in [5.74, 6) is -0.738. The van der Waals surface area contributed by atoms with Crippen molar-refractivity contribution in [1.29, 1.82) is 0 Å². The van der Waals surface area contributed by atoms with Gasteiger partial charge in [0.05, 0.1) is 16.9 Å². The van der Waals surface area contributed by atoms with Crippen LogP contribution in [0.2, 0.25) is 0 Å². The van der Waals surface area contributed by atoms with E-state index in [1.54, 1.807) is 12.1 Å². The van der Waals surface area contributed by atoms with Gasteiger partial charge in [-0.25, -0.2) is 4.39 Å². The summed E-state index contributed by atoms with van der Waals surface area (Å²) in [6.45, 7) is 4.46. The second kappa shape index (κ2) is 4.69. The maximum absolute atomic E-state index is 13.7. The highest BCUT2D eigenvalue weighted by atomic mass is 19.1. The third kappa shape index (κ3) is 2.53. The number of benzene rings is 1. The van der Waals surface area contributed by atoms with Gasteiger partial charge in [-0.3, -0.25) is 4.79 Å². The van der Waals surface area contributed by atoms with E-state index >= 15 is 0 Å². The molecular formula is C14H18FNO2. The van der Waals surface area contributed by atoms with Gasteiger partial charge in [0, 0.05) is 13.1 Å². The van der Waals surface area contributed by atoms with Crippen LogP contribution in [0.15, 0.2) is 18.2 Å². The molecule has 1 fully saturated rings. The van der Waals surface area contributed by atoms with Gasteiger partial charge in [-0.05, 0) is 38.8 Å². The number of carbonyl (C=O) groups excluding carboxylic acids is 1. The van der Waals surface area contributed by atoms with Crippen LogP contribution in [0.3, 0.4) is 0 Å². The molecule has 0 saturated carbocycles. The summed E-state index contributed by atoms with van der Waals surface area (Å²) in [6.07, 6.45) is 1.25. The largest absolute Gasteiger partial charge is 0.390 e. The van der Waals surface area contributed by atoms with Crippen molar-refractivity contribution in [3.05, 3.63) is 29.6 Å². The lowest BCUT2D eigenvalue weighted by Crippen LogP contribution is -2.43. The van der Waals surface area contributed by atoms with Crippen molar-refractivity contribution < 1.29 is 14.3 Å². The summed E-state index contributed by atoms with van der Waals surface area (Å²) in [5, 5.41) is 9.90. The Labute approximate surface area is 106 Å². The van der Waals surface area contributed by atoms with Crippen LogP contribution >= 0.6 is 0 Å². The first-order chi connectivity index (χ1) is 8.41. The van der Waals surface area contributed by atoms with E-state index < -0.39 is 11.4 Å². The Morgan fingerprint density at radius 3 is 2.56 bits per heavy atom. The quantitative estimate of drug-likeness (QED) is 0.820. The minimum atomic E-state index is -0.653. The fourth-order valence-corrected chi connectivity index (χ4v) is 2.35. The van der Waals surface area contributed by atoms with Gasteiger partial charge in [-0.2, -0.15) is 0 Å². The lowest BCUT2D eigenvalue weighted by atomic mass is 9.93. The molecule has 0 aliphatic carbocycles. The summed E-state index contributed by atoms with van der Waals surface area (Å²) < 4.78 is 13.7. The topological polar surface area (TPSA) is 40.5 Å². The Balaban J connectivity index is 2.30. The van der Waals surface area contributed by atoms with Gasteiger partial charge < -0.3 is 10.0 Å². The van der Waals surface area contributed by atoms with Crippen LogP contribution in [-0.2, 0) is 0 Å². The molecule has 0 aromatic heterocycles. The fourth-order valence-electron chi connectivity index (χ4n) is 2.35. The molecule has 0 spiro atoms. The second-order valence-electron chi connectivity index (χ2n) is 5.17. The van der Waals surface area contributed by atoms with E-state index in [0.29, 0.717) is 31.6 Å². The molecule has 98 valence electrons. The van der Waals surface area contributed by atoms with Gasteiger partial charge in [0.1, 0.15) is 5.82 Å². The summed E-state index contributed by atoms with van der Waals surface area (Å²) >= 11 is 0. The molecule has 1 aromatic carbocycles. The number of hydrogen-bond donors (Lipinski definition) is 1. The minimum Gasteiger partial charge on any atom is -0.390 e. The van der Waals surface area contributed by atoms with E-state index in [-0.39, 0.29) is 11.3 Å². The highest BCUT2D eigenvalue weighted by Gasteiger charge is 2.29. The zero-order valence-corrected chi connectivity index (χ0v) is 10.7. The van der Waals surface area contributed by atoms with Crippen LogP contribution in [0, 0.1) is 5.82 Å². The average molecular weight is 251 g/mol.